The molecular weight excluding hydrogens is 208 g/mol. The van der Waals surface area contributed by atoms with Gasteiger partial charge in [0.15, 0.2) is 0 Å². The third-order valence-electron chi connectivity index (χ3n) is 4.87. The van der Waals surface area contributed by atoms with Crippen LogP contribution in [-0.2, 0) is 19.1 Å². The third kappa shape index (κ3) is 0.913. The molecule has 0 radical (unpaired) electrons. The second kappa shape index (κ2) is 2.79. The van der Waals surface area contributed by atoms with Gasteiger partial charge in [-0.25, -0.2) is 0 Å². The molecule has 0 spiro atoms. The van der Waals surface area contributed by atoms with E-state index < -0.39 is 0 Å². The Morgan fingerprint density at radius 2 is 2.19 bits per heavy atom. The van der Waals surface area contributed by atoms with E-state index in [2.05, 4.69) is 13.8 Å². The number of rotatable bonds is 1. The van der Waals surface area contributed by atoms with Crippen molar-refractivity contribution in [2.45, 2.75) is 26.4 Å². The van der Waals surface area contributed by atoms with Crippen molar-refractivity contribution in [3.05, 3.63) is 0 Å². The third-order valence-corrected chi connectivity index (χ3v) is 4.87. The van der Waals surface area contributed by atoms with Gasteiger partial charge in [-0.15, -0.1) is 0 Å². The smallest absolute Gasteiger partial charge is 0.310 e. The van der Waals surface area contributed by atoms with E-state index in [1.165, 1.54) is 7.11 Å². The first-order chi connectivity index (χ1) is 7.48. The zero-order valence-corrected chi connectivity index (χ0v) is 9.73. The largest absolute Gasteiger partial charge is 0.469 e. The van der Waals surface area contributed by atoms with Crippen molar-refractivity contribution in [1.29, 1.82) is 0 Å². The first kappa shape index (κ1) is 10.1. The molecule has 2 bridgehead atoms. The van der Waals surface area contributed by atoms with Crippen molar-refractivity contribution in [3.8, 4) is 0 Å². The number of hydrogen-bond donors (Lipinski definition) is 0. The van der Waals surface area contributed by atoms with Gasteiger partial charge in [-0.1, -0.05) is 13.8 Å². The fraction of sp³-hybridized carbons (Fsp3) is 0.833. The lowest BCUT2D eigenvalue weighted by molar-refractivity contribution is -0.153. The molecule has 0 N–H and O–H groups in total. The lowest BCUT2D eigenvalue weighted by atomic mass is 9.66. The Kier molecular flexibility index (Phi) is 1.76. The molecular formula is C12H16O4. The van der Waals surface area contributed by atoms with E-state index in [0.717, 1.165) is 6.42 Å². The number of carbonyl (C=O) groups is 2. The van der Waals surface area contributed by atoms with E-state index in [1.807, 2.05) is 0 Å². The molecule has 2 saturated carbocycles. The van der Waals surface area contributed by atoms with Gasteiger partial charge in [0.25, 0.3) is 0 Å². The SMILES string of the molecule is COC(=O)C1C2C(=O)OC3C2CC1C3(C)C. The topological polar surface area (TPSA) is 52.6 Å². The van der Waals surface area contributed by atoms with Crippen LogP contribution >= 0.6 is 0 Å². The van der Waals surface area contributed by atoms with Gasteiger partial charge < -0.3 is 9.47 Å². The van der Waals surface area contributed by atoms with Gasteiger partial charge >= 0.3 is 11.9 Å². The number of carbonyl (C=O) groups excluding carboxylic acids is 2. The zero-order chi connectivity index (χ0) is 11.7. The maximum atomic E-state index is 11.8. The molecule has 0 aromatic carbocycles. The van der Waals surface area contributed by atoms with Crippen molar-refractivity contribution in [2.75, 3.05) is 7.11 Å². The molecule has 3 rings (SSSR count). The summed E-state index contributed by atoms with van der Waals surface area (Å²) in [5.74, 6) is -0.504. The monoisotopic (exact) mass is 224 g/mol. The van der Waals surface area contributed by atoms with Crippen LogP contribution in [0.15, 0.2) is 0 Å². The molecule has 0 aromatic heterocycles. The van der Waals surface area contributed by atoms with Crippen LogP contribution in [0.1, 0.15) is 20.3 Å². The lowest BCUT2D eigenvalue weighted by Crippen LogP contribution is -2.43. The van der Waals surface area contributed by atoms with E-state index >= 15 is 0 Å². The zero-order valence-electron chi connectivity index (χ0n) is 9.73. The minimum Gasteiger partial charge on any atom is -0.469 e. The molecule has 4 heteroatoms. The Labute approximate surface area is 94.3 Å². The van der Waals surface area contributed by atoms with E-state index in [0.29, 0.717) is 0 Å². The number of methoxy groups -OCH3 is 1. The van der Waals surface area contributed by atoms with Crippen LogP contribution in [0.4, 0.5) is 0 Å². The van der Waals surface area contributed by atoms with Crippen LogP contribution in [0.5, 0.6) is 0 Å². The molecule has 0 aromatic rings. The van der Waals surface area contributed by atoms with E-state index in [9.17, 15) is 9.59 Å². The Bertz CT molecular complexity index is 373. The number of esters is 2. The van der Waals surface area contributed by atoms with Gasteiger partial charge in [-0.05, 0) is 12.3 Å². The van der Waals surface area contributed by atoms with E-state index in [1.54, 1.807) is 0 Å². The van der Waals surface area contributed by atoms with E-state index in [4.69, 9.17) is 9.47 Å². The highest BCUT2D eigenvalue weighted by Gasteiger charge is 2.71. The molecule has 5 unspecified atom stereocenters. The molecule has 1 heterocycles. The average Bonchev–Trinajstić information content (AvgIpc) is 2.80. The second-order valence-electron chi connectivity index (χ2n) is 5.76. The van der Waals surface area contributed by atoms with Crippen LogP contribution in [0.3, 0.4) is 0 Å². The highest BCUT2D eigenvalue weighted by Crippen LogP contribution is 2.65. The summed E-state index contributed by atoms with van der Waals surface area (Å²) in [6.07, 6.45) is 0.935. The quantitative estimate of drug-likeness (QED) is 0.623. The summed E-state index contributed by atoms with van der Waals surface area (Å²) >= 11 is 0. The van der Waals surface area contributed by atoms with Crippen LogP contribution in [0.2, 0.25) is 0 Å². The van der Waals surface area contributed by atoms with Gasteiger partial charge in [-0.2, -0.15) is 0 Å². The van der Waals surface area contributed by atoms with Gasteiger partial charge in [0.05, 0.1) is 18.9 Å². The normalized spacial score (nSPS) is 46.9. The summed E-state index contributed by atoms with van der Waals surface area (Å²) in [4.78, 5) is 23.6. The highest BCUT2D eigenvalue weighted by atomic mass is 16.6. The first-order valence-corrected chi connectivity index (χ1v) is 5.76. The predicted molar refractivity (Wildman–Crippen MR) is 54.3 cm³/mol. The van der Waals surface area contributed by atoms with Gasteiger partial charge in [0.1, 0.15) is 6.10 Å². The summed E-state index contributed by atoms with van der Waals surface area (Å²) in [5.41, 5.74) is -0.0911. The first-order valence-electron chi connectivity index (χ1n) is 5.76. The van der Waals surface area contributed by atoms with Gasteiger partial charge in [-0.3, -0.25) is 9.59 Å². The fourth-order valence-electron chi connectivity index (χ4n) is 4.16. The molecule has 1 aliphatic heterocycles. The Balaban J connectivity index is 2.04. The Hall–Kier alpha value is -1.06. The maximum absolute atomic E-state index is 11.8. The van der Waals surface area contributed by atoms with Gasteiger partial charge in [0, 0.05) is 11.3 Å². The fourth-order valence-corrected chi connectivity index (χ4v) is 4.16. The van der Waals surface area contributed by atoms with Crippen LogP contribution in [-0.4, -0.2) is 25.2 Å². The average molecular weight is 224 g/mol. The standard InChI is InChI=1S/C12H16O4/c1-12(2)6-4-5-7(8(6)10(13)15-3)11(14)16-9(5)12/h5-9H,4H2,1-3H3. The number of hydrogen-bond acceptors (Lipinski definition) is 4. The summed E-state index contributed by atoms with van der Waals surface area (Å²) < 4.78 is 10.3. The van der Waals surface area contributed by atoms with Crippen molar-refractivity contribution >= 4 is 11.9 Å². The molecule has 3 aliphatic rings. The predicted octanol–water partition coefficient (Wildman–Crippen LogP) is 0.993. The van der Waals surface area contributed by atoms with Gasteiger partial charge in [0.2, 0.25) is 0 Å². The lowest BCUT2D eigenvalue weighted by Gasteiger charge is -2.36. The summed E-state index contributed by atoms with van der Waals surface area (Å²) in [6.45, 7) is 4.18. The van der Waals surface area contributed by atoms with Crippen molar-refractivity contribution in [3.63, 3.8) is 0 Å². The van der Waals surface area contributed by atoms with Crippen LogP contribution < -0.4 is 0 Å². The molecule has 1 saturated heterocycles. The summed E-state index contributed by atoms with van der Waals surface area (Å²) in [5, 5.41) is 0. The van der Waals surface area contributed by atoms with Crippen molar-refractivity contribution in [2.24, 2.45) is 29.1 Å². The Morgan fingerprint density at radius 3 is 2.81 bits per heavy atom. The molecule has 3 fully saturated rings. The van der Waals surface area contributed by atoms with E-state index in [-0.39, 0.29) is 47.1 Å². The Morgan fingerprint density at radius 1 is 1.50 bits per heavy atom. The summed E-state index contributed by atoms with van der Waals surface area (Å²) in [7, 11) is 1.39. The minimum absolute atomic E-state index is 0.0101. The number of fused-ring (bicyclic) bond motifs is 1. The molecule has 5 atom stereocenters. The molecule has 4 nitrogen and oxygen atoms in total. The molecule has 16 heavy (non-hydrogen) atoms. The molecule has 2 aliphatic carbocycles. The van der Waals surface area contributed by atoms with Crippen LogP contribution in [0, 0.1) is 29.1 Å². The number of ether oxygens (including phenoxy) is 2. The highest BCUT2D eigenvalue weighted by molar-refractivity contribution is 5.86. The minimum atomic E-state index is -0.281. The van der Waals surface area contributed by atoms with Crippen molar-refractivity contribution < 1.29 is 19.1 Å². The molecule has 88 valence electrons. The van der Waals surface area contributed by atoms with Crippen LogP contribution in [0.25, 0.3) is 0 Å². The second-order valence-corrected chi connectivity index (χ2v) is 5.76. The molecule has 0 amide bonds. The summed E-state index contributed by atoms with van der Waals surface area (Å²) in [6, 6.07) is 0. The van der Waals surface area contributed by atoms with Crippen molar-refractivity contribution in [1.82, 2.24) is 0 Å². The maximum Gasteiger partial charge on any atom is 0.310 e.